The second kappa shape index (κ2) is 7.55. The topological polar surface area (TPSA) is 75.6 Å². The molecule has 2 N–H and O–H groups in total. The molecule has 1 saturated heterocycles. The molecule has 1 aromatic carbocycles. The van der Waals surface area contributed by atoms with Crippen molar-refractivity contribution in [3.05, 3.63) is 35.6 Å². The van der Waals surface area contributed by atoms with Crippen LogP contribution in [0.3, 0.4) is 0 Å². The number of benzene rings is 1. The molecule has 0 saturated carbocycles. The Morgan fingerprint density at radius 3 is 2.48 bits per heavy atom. The van der Waals surface area contributed by atoms with Crippen molar-refractivity contribution < 1.29 is 23.8 Å². The Labute approximate surface area is 134 Å². The second-order valence-corrected chi connectivity index (χ2v) is 6.01. The molecule has 1 aromatic rings. The molecule has 1 fully saturated rings. The minimum Gasteiger partial charge on any atom is -0.481 e. The average Bonchev–Trinajstić information content (AvgIpc) is 2.54. The number of hydrogen-bond acceptors (Lipinski definition) is 3. The first-order chi connectivity index (χ1) is 10.9. The quantitative estimate of drug-likeness (QED) is 0.842. The summed E-state index contributed by atoms with van der Waals surface area (Å²) in [4.78, 5) is 23.5. The Morgan fingerprint density at radius 2 is 1.91 bits per heavy atom. The van der Waals surface area contributed by atoms with Crippen molar-refractivity contribution in [2.45, 2.75) is 44.1 Å². The van der Waals surface area contributed by atoms with Crippen LogP contribution < -0.4 is 5.32 Å². The summed E-state index contributed by atoms with van der Waals surface area (Å²) >= 11 is 0. The highest BCUT2D eigenvalue weighted by molar-refractivity contribution is 5.88. The lowest BCUT2D eigenvalue weighted by molar-refractivity contribution is -0.138. The lowest BCUT2D eigenvalue weighted by atomic mass is 9.73. The van der Waals surface area contributed by atoms with Crippen molar-refractivity contribution in [1.29, 1.82) is 0 Å². The summed E-state index contributed by atoms with van der Waals surface area (Å²) in [5, 5.41) is 11.6. The number of carboxylic acid groups (broad SMARTS) is 1. The average molecular weight is 323 g/mol. The predicted octanol–water partition coefficient (Wildman–Crippen LogP) is 2.24. The highest BCUT2D eigenvalue weighted by Crippen LogP contribution is 2.35. The van der Waals surface area contributed by atoms with Crippen LogP contribution in [0.2, 0.25) is 0 Å². The van der Waals surface area contributed by atoms with Gasteiger partial charge in [-0.25, -0.2) is 4.39 Å². The maximum Gasteiger partial charge on any atom is 0.303 e. The van der Waals surface area contributed by atoms with Crippen molar-refractivity contribution in [1.82, 2.24) is 5.32 Å². The van der Waals surface area contributed by atoms with E-state index in [9.17, 15) is 14.0 Å². The number of carboxylic acids is 1. The van der Waals surface area contributed by atoms with Crippen LogP contribution >= 0.6 is 0 Å². The van der Waals surface area contributed by atoms with Crippen molar-refractivity contribution in [2.24, 2.45) is 0 Å². The van der Waals surface area contributed by atoms with Gasteiger partial charge in [-0.2, -0.15) is 0 Å². The molecule has 0 spiro atoms. The normalized spacial score (nSPS) is 18.2. The Bertz CT molecular complexity index is 552. The van der Waals surface area contributed by atoms with Gasteiger partial charge in [0.15, 0.2) is 0 Å². The van der Waals surface area contributed by atoms with E-state index < -0.39 is 11.4 Å². The lowest BCUT2D eigenvalue weighted by Gasteiger charge is -2.37. The van der Waals surface area contributed by atoms with Gasteiger partial charge in [0.25, 0.3) is 0 Å². The van der Waals surface area contributed by atoms with Gasteiger partial charge >= 0.3 is 5.97 Å². The minimum absolute atomic E-state index is 0.00804. The predicted molar refractivity (Wildman–Crippen MR) is 82.6 cm³/mol. The number of carbonyl (C=O) groups excluding carboxylic acids is 1. The van der Waals surface area contributed by atoms with Crippen LogP contribution in [0, 0.1) is 5.82 Å². The fourth-order valence-corrected chi connectivity index (χ4v) is 2.91. The molecule has 0 bridgehead atoms. The Balaban J connectivity index is 2.15. The van der Waals surface area contributed by atoms with Crippen LogP contribution in [-0.2, 0) is 19.7 Å². The highest BCUT2D eigenvalue weighted by atomic mass is 19.1. The summed E-state index contributed by atoms with van der Waals surface area (Å²) in [5.41, 5.74) is 0.0220. The molecule has 2 rings (SSSR count). The molecule has 1 atom stereocenters. The fourth-order valence-electron chi connectivity index (χ4n) is 2.91. The smallest absolute Gasteiger partial charge is 0.303 e. The molecule has 1 unspecified atom stereocenters. The molecular formula is C17H22FNO4. The van der Waals surface area contributed by atoms with Gasteiger partial charge in [-0.05, 0) is 43.9 Å². The van der Waals surface area contributed by atoms with Gasteiger partial charge in [0.05, 0.1) is 5.41 Å². The highest BCUT2D eigenvalue weighted by Gasteiger charge is 2.42. The van der Waals surface area contributed by atoms with E-state index in [0.29, 0.717) is 32.5 Å². The number of aliphatic carboxylic acids is 1. The molecule has 1 amide bonds. The number of halogens is 1. The van der Waals surface area contributed by atoms with Crippen LogP contribution in [0.4, 0.5) is 4.39 Å². The third-order valence-electron chi connectivity index (χ3n) is 4.35. The largest absolute Gasteiger partial charge is 0.481 e. The molecule has 0 aromatic heterocycles. The van der Waals surface area contributed by atoms with E-state index in [4.69, 9.17) is 9.84 Å². The van der Waals surface area contributed by atoms with Crippen LogP contribution in [0.15, 0.2) is 24.3 Å². The summed E-state index contributed by atoms with van der Waals surface area (Å²) in [6.07, 6.45) is 1.43. The molecule has 23 heavy (non-hydrogen) atoms. The first-order valence-electron chi connectivity index (χ1n) is 7.80. The van der Waals surface area contributed by atoms with Crippen molar-refractivity contribution >= 4 is 11.9 Å². The molecule has 1 heterocycles. The molecular weight excluding hydrogens is 301 g/mol. The van der Waals surface area contributed by atoms with Gasteiger partial charge < -0.3 is 15.2 Å². The summed E-state index contributed by atoms with van der Waals surface area (Å²) in [6, 6.07) is 5.75. The lowest BCUT2D eigenvalue weighted by Crippen LogP contribution is -2.50. The molecule has 0 aliphatic carbocycles. The van der Waals surface area contributed by atoms with Gasteiger partial charge in [-0.1, -0.05) is 12.1 Å². The number of hydrogen-bond donors (Lipinski definition) is 2. The van der Waals surface area contributed by atoms with Gasteiger partial charge in [0.1, 0.15) is 5.82 Å². The van der Waals surface area contributed by atoms with E-state index in [-0.39, 0.29) is 24.2 Å². The number of carbonyl (C=O) groups is 2. The third-order valence-corrected chi connectivity index (χ3v) is 4.35. The molecule has 1 aliphatic rings. The zero-order valence-corrected chi connectivity index (χ0v) is 13.2. The Hall–Kier alpha value is -1.95. The SMILES string of the molecule is CC(CCC(=O)O)NC(=O)C1(c2ccc(F)cc2)CCOCC1. The van der Waals surface area contributed by atoms with Crippen LogP contribution in [0.1, 0.15) is 38.2 Å². The number of amides is 1. The maximum atomic E-state index is 13.2. The van der Waals surface area contributed by atoms with Gasteiger partial charge in [0, 0.05) is 25.7 Å². The minimum atomic E-state index is -0.884. The van der Waals surface area contributed by atoms with Gasteiger partial charge in [0.2, 0.25) is 5.91 Å². The molecule has 0 radical (unpaired) electrons. The van der Waals surface area contributed by atoms with E-state index in [2.05, 4.69) is 5.32 Å². The summed E-state index contributed by atoms with van der Waals surface area (Å²) in [7, 11) is 0. The number of ether oxygens (including phenoxy) is 1. The number of nitrogens with one attached hydrogen (secondary N) is 1. The molecule has 126 valence electrons. The zero-order valence-electron chi connectivity index (χ0n) is 13.2. The zero-order chi connectivity index (χ0) is 16.9. The first kappa shape index (κ1) is 17.4. The molecule has 5 nitrogen and oxygen atoms in total. The monoisotopic (exact) mass is 323 g/mol. The fraction of sp³-hybridized carbons (Fsp3) is 0.529. The first-order valence-corrected chi connectivity index (χ1v) is 7.80. The van der Waals surface area contributed by atoms with Crippen LogP contribution in [0.25, 0.3) is 0 Å². The third kappa shape index (κ3) is 4.28. The van der Waals surface area contributed by atoms with Crippen molar-refractivity contribution in [3.63, 3.8) is 0 Å². The maximum absolute atomic E-state index is 13.2. The standard InChI is InChI=1S/C17H22FNO4/c1-12(2-7-15(20)21)19-16(22)17(8-10-23-11-9-17)13-3-5-14(18)6-4-13/h3-6,12H,2,7-11H2,1H3,(H,19,22)(H,20,21). The molecule has 6 heteroatoms. The van der Waals surface area contributed by atoms with Crippen molar-refractivity contribution in [3.8, 4) is 0 Å². The second-order valence-electron chi connectivity index (χ2n) is 6.01. The van der Waals surface area contributed by atoms with E-state index in [1.807, 2.05) is 0 Å². The van der Waals surface area contributed by atoms with Gasteiger partial charge in [-0.15, -0.1) is 0 Å². The Morgan fingerprint density at radius 1 is 1.30 bits per heavy atom. The van der Waals surface area contributed by atoms with Crippen LogP contribution in [-0.4, -0.2) is 36.2 Å². The Kier molecular flexibility index (Phi) is 5.71. The van der Waals surface area contributed by atoms with Crippen molar-refractivity contribution in [2.75, 3.05) is 13.2 Å². The van der Waals surface area contributed by atoms with E-state index >= 15 is 0 Å². The van der Waals surface area contributed by atoms with E-state index in [0.717, 1.165) is 5.56 Å². The number of rotatable bonds is 6. The summed E-state index contributed by atoms with van der Waals surface area (Å²) < 4.78 is 18.6. The van der Waals surface area contributed by atoms with E-state index in [1.165, 1.54) is 12.1 Å². The van der Waals surface area contributed by atoms with Crippen LogP contribution in [0.5, 0.6) is 0 Å². The molecule has 1 aliphatic heterocycles. The summed E-state index contributed by atoms with van der Waals surface area (Å²) in [5.74, 6) is -1.37. The summed E-state index contributed by atoms with van der Waals surface area (Å²) in [6.45, 7) is 2.72. The van der Waals surface area contributed by atoms with Gasteiger partial charge in [-0.3, -0.25) is 9.59 Å². The van der Waals surface area contributed by atoms with E-state index in [1.54, 1.807) is 19.1 Å².